The minimum Gasteiger partial charge on any atom is -0.259 e. The molecule has 0 fully saturated rings. The molecule has 0 aromatic carbocycles. The van der Waals surface area contributed by atoms with E-state index in [1.165, 1.54) is 6.08 Å². The summed E-state index contributed by atoms with van der Waals surface area (Å²) < 4.78 is 0. The lowest BCUT2D eigenvalue weighted by Crippen LogP contribution is -1.82. The number of hydrogen-bond acceptors (Lipinski definition) is 2. The van der Waals surface area contributed by atoms with Crippen LogP contribution < -0.4 is 0 Å². The maximum atomic E-state index is 9.65. The predicted molar refractivity (Wildman–Crippen MR) is 36.1 cm³/mol. The summed E-state index contributed by atoms with van der Waals surface area (Å²) in [6.45, 7) is 0. The van der Waals surface area contributed by atoms with E-state index in [4.69, 9.17) is 11.6 Å². The molecule has 0 bridgehead atoms. The summed E-state index contributed by atoms with van der Waals surface area (Å²) in [5, 5.41) is 9.65. The van der Waals surface area contributed by atoms with Crippen LogP contribution in [0.5, 0.6) is 0 Å². The molecule has 52 valence electrons. The van der Waals surface area contributed by atoms with Crippen molar-refractivity contribution in [3.05, 3.63) is 22.4 Å². The van der Waals surface area contributed by atoms with Crippen LogP contribution in [0.1, 0.15) is 12.8 Å². The van der Waals surface area contributed by atoms with Gasteiger partial charge in [0.2, 0.25) is 6.20 Å². The van der Waals surface area contributed by atoms with Crippen molar-refractivity contribution >= 4 is 11.6 Å². The second-order valence-electron chi connectivity index (χ2n) is 1.50. The van der Waals surface area contributed by atoms with E-state index in [1.807, 2.05) is 0 Å². The van der Waals surface area contributed by atoms with Crippen molar-refractivity contribution in [2.45, 2.75) is 12.8 Å². The van der Waals surface area contributed by atoms with Crippen LogP contribution in [0, 0.1) is 10.1 Å². The van der Waals surface area contributed by atoms with E-state index in [9.17, 15) is 10.1 Å². The molecule has 0 heterocycles. The molecule has 0 N–H and O–H groups in total. The van der Waals surface area contributed by atoms with Gasteiger partial charge in [-0.05, 0) is 18.9 Å². The van der Waals surface area contributed by atoms with Gasteiger partial charge < -0.3 is 0 Å². The summed E-state index contributed by atoms with van der Waals surface area (Å²) in [5.74, 6) is 0.558. The minimum absolute atomic E-state index is 0.478. The molecule has 0 aliphatic heterocycles. The van der Waals surface area contributed by atoms with Gasteiger partial charge in [-0.25, -0.2) is 0 Å². The lowest BCUT2D eigenvalue weighted by molar-refractivity contribution is -0.402. The van der Waals surface area contributed by atoms with Gasteiger partial charge in [-0.2, -0.15) is 0 Å². The largest absolute Gasteiger partial charge is 0.259 e. The second-order valence-corrected chi connectivity index (χ2v) is 1.88. The average molecular weight is 150 g/mol. The molecule has 3 nitrogen and oxygen atoms in total. The van der Waals surface area contributed by atoms with Gasteiger partial charge in [0.1, 0.15) is 0 Å². The van der Waals surface area contributed by atoms with Crippen LogP contribution in [0.3, 0.4) is 0 Å². The van der Waals surface area contributed by atoms with Crippen LogP contribution in [0.15, 0.2) is 12.3 Å². The Hall–Kier alpha value is -0.570. The molecule has 0 aromatic heterocycles. The number of hydrogen-bond donors (Lipinski definition) is 0. The van der Waals surface area contributed by atoms with Gasteiger partial charge in [0.25, 0.3) is 0 Å². The summed E-state index contributed by atoms with van der Waals surface area (Å²) in [5.41, 5.74) is 0. The number of rotatable bonds is 4. The first kappa shape index (κ1) is 8.43. The van der Waals surface area contributed by atoms with Gasteiger partial charge in [0, 0.05) is 5.88 Å². The van der Waals surface area contributed by atoms with E-state index in [-0.39, 0.29) is 0 Å². The smallest absolute Gasteiger partial charge is 0.230 e. The van der Waals surface area contributed by atoms with Gasteiger partial charge in [-0.1, -0.05) is 0 Å². The molecular weight excluding hydrogens is 142 g/mol. The highest BCUT2D eigenvalue weighted by atomic mass is 35.5. The zero-order valence-electron chi connectivity index (χ0n) is 4.92. The summed E-state index contributed by atoms with van der Waals surface area (Å²) in [6.07, 6.45) is 3.92. The van der Waals surface area contributed by atoms with E-state index in [2.05, 4.69) is 0 Å². The van der Waals surface area contributed by atoms with Crippen LogP contribution in [0.2, 0.25) is 0 Å². The molecule has 0 radical (unpaired) electrons. The maximum absolute atomic E-state index is 9.65. The summed E-state index contributed by atoms with van der Waals surface area (Å²) in [6, 6.07) is 0. The molecule has 0 saturated carbocycles. The third-order valence-corrected chi connectivity index (χ3v) is 0.999. The monoisotopic (exact) mass is 149 g/mol. The van der Waals surface area contributed by atoms with Gasteiger partial charge in [0.05, 0.1) is 4.92 Å². The van der Waals surface area contributed by atoms with E-state index in [0.29, 0.717) is 12.3 Å². The molecule has 0 aliphatic carbocycles. The molecule has 0 atom stereocenters. The fourth-order valence-electron chi connectivity index (χ4n) is 0.356. The average Bonchev–Trinajstić information content (AvgIpc) is 1.80. The Morgan fingerprint density at radius 3 is 2.78 bits per heavy atom. The highest BCUT2D eigenvalue weighted by molar-refractivity contribution is 6.17. The first-order valence-corrected chi connectivity index (χ1v) is 3.17. The van der Waals surface area contributed by atoms with E-state index < -0.39 is 4.92 Å². The highest BCUT2D eigenvalue weighted by Gasteiger charge is 1.83. The molecule has 0 saturated heterocycles. The first-order chi connectivity index (χ1) is 4.27. The van der Waals surface area contributed by atoms with Crippen molar-refractivity contribution < 1.29 is 4.92 Å². The number of halogens is 1. The fraction of sp³-hybridized carbons (Fsp3) is 0.600. The van der Waals surface area contributed by atoms with E-state index in [1.54, 1.807) is 0 Å². The Morgan fingerprint density at radius 1 is 1.67 bits per heavy atom. The topological polar surface area (TPSA) is 43.1 Å². The van der Waals surface area contributed by atoms with Crippen LogP contribution in [-0.2, 0) is 0 Å². The molecule has 0 rings (SSSR count). The molecular formula is C5H8ClNO2. The summed E-state index contributed by atoms with van der Waals surface area (Å²) in [7, 11) is 0. The van der Waals surface area contributed by atoms with Gasteiger partial charge in [0.15, 0.2) is 0 Å². The number of nitrogens with zero attached hydrogens (tertiary/aromatic N) is 1. The summed E-state index contributed by atoms with van der Waals surface area (Å²) in [4.78, 5) is 9.17. The first-order valence-electron chi connectivity index (χ1n) is 2.63. The summed E-state index contributed by atoms with van der Waals surface area (Å²) >= 11 is 5.31. The Labute approximate surface area is 58.5 Å². The molecule has 4 heteroatoms. The lowest BCUT2D eigenvalue weighted by Gasteiger charge is -1.82. The zero-order chi connectivity index (χ0) is 7.11. The number of unbranched alkanes of at least 4 members (excludes halogenated alkanes) is 1. The molecule has 9 heavy (non-hydrogen) atoms. The number of allylic oxidation sites excluding steroid dienone is 1. The molecule has 0 aliphatic rings. The van der Waals surface area contributed by atoms with E-state index in [0.717, 1.165) is 12.6 Å². The van der Waals surface area contributed by atoms with Crippen LogP contribution >= 0.6 is 11.6 Å². The Morgan fingerprint density at radius 2 is 2.33 bits per heavy atom. The van der Waals surface area contributed by atoms with Crippen LogP contribution in [0.4, 0.5) is 0 Å². The third kappa shape index (κ3) is 7.43. The fourth-order valence-corrected chi connectivity index (χ4v) is 0.510. The van der Waals surface area contributed by atoms with Crippen molar-refractivity contribution in [2.75, 3.05) is 5.88 Å². The van der Waals surface area contributed by atoms with E-state index >= 15 is 0 Å². The van der Waals surface area contributed by atoms with Gasteiger partial charge in [-0.15, -0.1) is 11.6 Å². The maximum Gasteiger partial charge on any atom is 0.230 e. The molecule has 0 amide bonds. The Kier molecular flexibility index (Phi) is 5.21. The zero-order valence-corrected chi connectivity index (χ0v) is 5.67. The highest BCUT2D eigenvalue weighted by Crippen LogP contribution is 1.92. The molecule has 0 unspecified atom stereocenters. The Balaban J connectivity index is 3.15. The van der Waals surface area contributed by atoms with Crippen LogP contribution in [0.25, 0.3) is 0 Å². The van der Waals surface area contributed by atoms with Crippen molar-refractivity contribution in [1.29, 1.82) is 0 Å². The van der Waals surface area contributed by atoms with Crippen molar-refractivity contribution in [1.82, 2.24) is 0 Å². The standard InChI is InChI=1S/C5H8ClNO2/c6-4-2-1-3-5-7(8)9/h3,5H,1-2,4H2/b5-3+. The number of alkyl halides is 1. The lowest BCUT2D eigenvalue weighted by atomic mass is 10.3. The Bertz CT molecular complexity index is 114. The van der Waals surface area contributed by atoms with Gasteiger partial charge in [-0.3, -0.25) is 10.1 Å². The normalized spacial score (nSPS) is 10.3. The SMILES string of the molecule is O=[N+]([O-])/C=C/CCCCl. The molecule has 0 spiro atoms. The molecule has 0 aromatic rings. The van der Waals surface area contributed by atoms with Gasteiger partial charge >= 0.3 is 0 Å². The van der Waals surface area contributed by atoms with Crippen molar-refractivity contribution in [3.8, 4) is 0 Å². The number of nitro groups is 1. The van der Waals surface area contributed by atoms with Crippen LogP contribution in [-0.4, -0.2) is 10.8 Å². The second kappa shape index (κ2) is 5.56. The predicted octanol–water partition coefficient (Wildman–Crippen LogP) is 1.80. The minimum atomic E-state index is -0.478. The van der Waals surface area contributed by atoms with Crippen molar-refractivity contribution in [2.24, 2.45) is 0 Å². The third-order valence-electron chi connectivity index (χ3n) is 0.732. The quantitative estimate of drug-likeness (QED) is 0.265. The van der Waals surface area contributed by atoms with Crippen molar-refractivity contribution in [3.63, 3.8) is 0 Å².